The molecule has 0 saturated carbocycles. The zero-order chi connectivity index (χ0) is 12.9. The van der Waals surface area contributed by atoms with Gasteiger partial charge in [0.1, 0.15) is 5.75 Å². The number of hydrogen-bond donors (Lipinski definition) is 2. The summed E-state index contributed by atoms with van der Waals surface area (Å²) in [5, 5.41) is 12.0. The minimum absolute atomic E-state index is 0.0856. The quantitative estimate of drug-likeness (QED) is 0.808. The fourth-order valence-corrected chi connectivity index (χ4v) is 1.17. The fraction of sp³-hybridized carbons (Fsp3) is 0.400. The molecule has 3 nitrogen and oxygen atoms in total. The molecule has 0 aliphatic heterocycles. The molecule has 1 aromatic rings. The summed E-state index contributed by atoms with van der Waals surface area (Å²) in [5.41, 5.74) is 0.573. The van der Waals surface area contributed by atoms with Crippen molar-refractivity contribution in [2.24, 2.45) is 0 Å². The fourth-order valence-electron chi connectivity index (χ4n) is 1.06. The van der Waals surface area contributed by atoms with Gasteiger partial charge in [-0.15, -0.1) is 24.8 Å². The molecule has 0 spiro atoms. The van der Waals surface area contributed by atoms with Crippen LogP contribution in [-0.4, -0.2) is 30.0 Å². The van der Waals surface area contributed by atoms with Crippen LogP contribution in [0.3, 0.4) is 0 Å². The largest absolute Gasteiger partial charge is 0.573 e. The molecule has 0 amide bonds. The topological polar surface area (TPSA) is 41.5 Å². The number of rotatable bonds is 5. The molecule has 2 N–H and O–H groups in total. The van der Waals surface area contributed by atoms with Gasteiger partial charge in [0.15, 0.2) is 0 Å². The molecule has 7 heteroatoms. The summed E-state index contributed by atoms with van der Waals surface area (Å²) in [4.78, 5) is 0. The SMILES string of the molecule is OC(CCl)CNc1ccc(OC(F)(F)F)cc1. The first-order chi connectivity index (χ1) is 7.90. The van der Waals surface area contributed by atoms with Gasteiger partial charge in [-0.2, -0.15) is 0 Å². The van der Waals surface area contributed by atoms with Gasteiger partial charge in [0.25, 0.3) is 0 Å². The van der Waals surface area contributed by atoms with Gasteiger partial charge >= 0.3 is 6.36 Å². The van der Waals surface area contributed by atoms with Crippen LogP contribution in [0.15, 0.2) is 24.3 Å². The third kappa shape index (κ3) is 5.65. The molecule has 0 aromatic heterocycles. The van der Waals surface area contributed by atoms with Gasteiger partial charge in [-0.1, -0.05) is 0 Å². The van der Waals surface area contributed by atoms with E-state index in [-0.39, 0.29) is 18.2 Å². The Morgan fingerprint density at radius 3 is 2.35 bits per heavy atom. The van der Waals surface area contributed by atoms with E-state index in [1.165, 1.54) is 24.3 Å². The summed E-state index contributed by atoms with van der Waals surface area (Å²) in [6, 6.07) is 5.20. The van der Waals surface area contributed by atoms with Crippen LogP contribution in [-0.2, 0) is 0 Å². The Labute approximate surface area is 101 Å². The lowest BCUT2D eigenvalue weighted by Crippen LogP contribution is -2.20. The molecule has 1 aromatic carbocycles. The van der Waals surface area contributed by atoms with Crippen molar-refractivity contribution in [3.8, 4) is 5.75 Å². The van der Waals surface area contributed by atoms with Gasteiger partial charge < -0.3 is 15.2 Å². The van der Waals surface area contributed by atoms with Crippen LogP contribution < -0.4 is 10.1 Å². The van der Waals surface area contributed by atoms with Gasteiger partial charge in [0, 0.05) is 12.2 Å². The highest BCUT2D eigenvalue weighted by Gasteiger charge is 2.30. The van der Waals surface area contributed by atoms with E-state index in [1.807, 2.05) is 0 Å². The molecular formula is C10H11ClF3NO2. The number of aliphatic hydroxyl groups is 1. The molecule has 0 saturated heterocycles. The van der Waals surface area contributed by atoms with Crippen LogP contribution in [0.4, 0.5) is 18.9 Å². The number of benzene rings is 1. The van der Waals surface area contributed by atoms with Crippen molar-refractivity contribution in [3.05, 3.63) is 24.3 Å². The minimum Gasteiger partial charge on any atom is -0.406 e. The number of hydrogen-bond acceptors (Lipinski definition) is 3. The molecule has 1 unspecified atom stereocenters. The second kappa shape index (κ2) is 5.97. The van der Waals surface area contributed by atoms with E-state index in [1.54, 1.807) is 0 Å². The highest BCUT2D eigenvalue weighted by molar-refractivity contribution is 6.18. The van der Waals surface area contributed by atoms with Crippen molar-refractivity contribution >= 4 is 17.3 Å². The molecule has 0 aliphatic carbocycles. The molecule has 0 radical (unpaired) electrons. The Balaban J connectivity index is 2.50. The van der Waals surface area contributed by atoms with Crippen molar-refractivity contribution in [1.82, 2.24) is 0 Å². The molecule has 0 fully saturated rings. The molecule has 0 heterocycles. The Morgan fingerprint density at radius 2 is 1.88 bits per heavy atom. The first kappa shape index (κ1) is 13.9. The van der Waals surface area contributed by atoms with E-state index >= 15 is 0 Å². The number of halogens is 4. The zero-order valence-electron chi connectivity index (χ0n) is 8.67. The van der Waals surface area contributed by atoms with E-state index in [9.17, 15) is 13.2 Å². The summed E-state index contributed by atoms with van der Waals surface area (Å²) in [6.45, 7) is 0.225. The molecule has 0 aliphatic rings. The summed E-state index contributed by atoms with van der Waals surface area (Å²) in [5.74, 6) is -0.205. The first-order valence-electron chi connectivity index (χ1n) is 4.74. The number of nitrogens with one attached hydrogen (secondary N) is 1. The second-order valence-electron chi connectivity index (χ2n) is 3.26. The predicted octanol–water partition coefficient (Wildman–Crippen LogP) is 2.60. The van der Waals surface area contributed by atoms with Gasteiger partial charge in [0.2, 0.25) is 0 Å². The standard InChI is InChI=1S/C10H11ClF3NO2/c11-5-8(16)6-15-7-1-3-9(4-2-7)17-10(12,13)14/h1-4,8,15-16H,5-6H2. The third-order valence-corrected chi connectivity index (χ3v) is 2.16. The monoisotopic (exact) mass is 269 g/mol. The van der Waals surface area contributed by atoms with Crippen LogP contribution in [0.1, 0.15) is 0 Å². The molecule has 1 rings (SSSR count). The van der Waals surface area contributed by atoms with Crippen molar-refractivity contribution in [2.45, 2.75) is 12.5 Å². The highest BCUT2D eigenvalue weighted by Crippen LogP contribution is 2.23. The lowest BCUT2D eigenvalue weighted by atomic mass is 10.3. The average molecular weight is 270 g/mol. The maximum atomic E-state index is 11.9. The Bertz CT molecular complexity index is 342. The summed E-state index contributed by atoms with van der Waals surface area (Å²) in [7, 11) is 0. The van der Waals surface area contributed by atoms with Gasteiger partial charge in [-0.3, -0.25) is 0 Å². The van der Waals surface area contributed by atoms with Gasteiger partial charge in [-0.05, 0) is 24.3 Å². The van der Waals surface area contributed by atoms with Crippen LogP contribution in [0, 0.1) is 0 Å². The zero-order valence-corrected chi connectivity index (χ0v) is 9.42. The minimum atomic E-state index is -4.69. The van der Waals surface area contributed by atoms with Gasteiger partial charge in [0.05, 0.1) is 12.0 Å². The number of ether oxygens (including phenoxy) is 1. The molecule has 96 valence electrons. The predicted molar refractivity (Wildman–Crippen MR) is 58.3 cm³/mol. The summed E-state index contributed by atoms with van der Waals surface area (Å²) < 4.78 is 39.3. The third-order valence-electron chi connectivity index (χ3n) is 1.81. The smallest absolute Gasteiger partial charge is 0.406 e. The van der Waals surface area contributed by atoms with Crippen LogP contribution in [0.5, 0.6) is 5.75 Å². The van der Waals surface area contributed by atoms with E-state index in [0.717, 1.165) is 0 Å². The Hall–Kier alpha value is -1.14. The average Bonchev–Trinajstić information content (AvgIpc) is 2.25. The number of aliphatic hydroxyl groups excluding tert-OH is 1. The first-order valence-corrected chi connectivity index (χ1v) is 5.28. The van der Waals surface area contributed by atoms with E-state index < -0.39 is 12.5 Å². The number of anilines is 1. The van der Waals surface area contributed by atoms with Crippen molar-refractivity contribution in [1.29, 1.82) is 0 Å². The van der Waals surface area contributed by atoms with Crippen LogP contribution in [0.2, 0.25) is 0 Å². The lowest BCUT2D eigenvalue weighted by molar-refractivity contribution is -0.274. The van der Waals surface area contributed by atoms with E-state index in [0.29, 0.717) is 5.69 Å². The Morgan fingerprint density at radius 1 is 1.29 bits per heavy atom. The Kier molecular flexibility index (Phi) is 4.89. The summed E-state index contributed by atoms with van der Waals surface area (Å²) >= 11 is 5.38. The lowest BCUT2D eigenvalue weighted by Gasteiger charge is -2.11. The number of alkyl halides is 4. The van der Waals surface area contributed by atoms with E-state index in [4.69, 9.17) is 16.7 Å². The van der Waals surface area contributed by atoms with E-state index in [2.05, 4.69) is 10.1 Å². The molecular weight excluding hydrogens is 259 g/mol. The summed E-state index contributed by atoms with van der Waals surface area (Å²) in [6.07, 6.45) is -5.40. The van der Waals surface area contributed by atoms with Crippen molar-refractivity contribution in [2.75, 3.05) is 17.7 Å². The van der Waals surface area contributed by atoms with Crippen molar-refractivity contribution < 1.29 is 23.0 Å². The van der Waals surface area contributed by atoms with Crippen LogP contribution >= 0.6 is 11.6 Å². The maximum Gasteiger partial charge on any atom is 0.573 e. The maximum absolute atomic E-state index is 11.9. The van der Waals surface area contributed by atoms with Crippen molar-refractivity contribution in [3.63, 3.8) is 0 Å². The molecule has 1 atom stereocenters. The van der Waals surface area contributed by atoms with Crippen LogP contribution in [0.25, 0.3) is 0 Å². The van der Waals surface area contributed by atoms with Gasteiger partial charge in [-0.25, -0.2) is 0 Å². The molecule has 17 heavy (non-hydrogen) atoms. The normalized spacial score (nSPS) is 13.2. The highest BCUT2D eigenvalue weighted by atomic mass is 35.5. The molecule has 0 bridgehead atoms. The second-order valence-corrected chi connectivity index (χ2v) is 3.57.